The molecule has 4 N–H and O–H groups in total. The van der Waals surface area contributed by atoms with Crippen LogP contribution in [-0.2, 0) is 21.0 Å². The molecule has 1 aromatic rings. The van der Waals surface area contributed by atoms with E-state index in [1.54, 1.807) is 0 Å². The minimum absolute atomic E-state index is 0.0123. The van der Waals surface area contributed by atoms with Crippen molar-refractivity contribution in [1.82, 2.24) is 10.8 Å². The number of hydroxylamine groups is 1. The van der Waals surface area contributed by atoms with E-state index in [0.717, 1.165) is 31.2 Å². The monoisotopic (exact) mass is 478 g/mol. The second-order valence-corrected chi connectivity index (χ2v) is 9.46. The van der Waals surface area contributed by atoms with Gasteiger partial charge in [-0.1, -0.05) is 103 Å². The van der Waals surface area contributed by atoms with Crippen LogP contribution in [0, 0.1) is 11.8 Å². The third-order valence-electron chi connectivity index (χ3n) is 6.22. The third kappa shape index (κ3) is 11.4. The number of hydrogen-bond donors (Lipinski definition) is 4. The van der Waals surface area contributed by atoms with Crippen LogP contribution in [-0.4, -0.2) is 40.3 Å². The maximum absolute atomic E-state index is 13.1. The van der Waals surface area contributed by atoms with Gasteiger partial charge in [0.15, 0.2) is 0 Å². The topological polar surface area (TPSA) is 108 Å². The summed E-state index contributed by atoms with van der Waals surface area (Å²) in [6, 6.07) is 8.91. The molecule has 194 valence electrons. The lowest BCUT2D eigenvalue weighted by molar-refractivity contribution is -0.151. The van der Waals surface area contributed by atoms with Gasteiger partial charge in [0, 0.05) is 0 Å². The second-order valence-electron chi connectivity index (χ2n) is 9.46. The van der Waals surface area contributed by atoms with E-state index < -0.39 is 36.0 Å². The summed E-state index contributed by atoms with van der Waals surface area (Å²) >= 11 is 0. The largest absolute Gasteiger partial charge is 0.391 e. The Kier molecular flexibility index (Phi) is 15.5. The summed E-state index contributed by atoms with van der Waals surface area (Å²) in [6.07, 6.45) is 6.18. The number of nitrogens with one attached hydrogen (secondary N) is 2. The zero-order chi connectivity index (χ0) is 25.3. The van der Waals surface area contributed by atoms with Crippen LogP contribution in [0.3, 0.4) is 0 Å². The SMILES string of the molecule is CCCCCCCCC[C@@H](C(=O)N[C@@H](C(C)C)[C@H](O)CC)[C@H](O)C(=O)NOCc1ccccc1. The average Bonchev–Trinajstić information content (AvgIpc) is 2.83. The Hall–Kier alpha value is -1.96. The second kappa shape index (κ2) is 17.5. The van der Waals surface area contributed by atoms with Crippen molar-refractivity contribution in [3.05, 3.63) is 35.9 Å². The van der Waals surface area contributed by atoms with Crippen molar-refractivity contribution in [2.75, 3.05) is 0 Å². The molecule has 0 bridgehead atoms. The van der Waals surface area contributed by atoms with Gasteiger partial charge in [0.25, 0.3) is 5.91 Å². The maximum Gasteiger partial charge on any atom is 0.273 e. The molecule has 0 aliphatic heterocycles. The molecule has 7 heteroatoms. The fraction of sp³-hybridized carbons (Fsp3) is 0.704. The van der Waals surface area contributed by atoms with E-state index in [1.807, 2.05) is 51.1 Å². The molecule has 34 heavy (non-hydrogen) atoms. The zero-order valence-electron chi connectivity index (χ0n) is 21.5. The Morgan fingerprint density at radius 2 is 1.53 bits per heavy atom. The number of carbonyl (C=O) groups excluding carboxylic acids is 2. The number of carbonyl (C=O) groups is 2. The molecule has 2 amide bonds. The molecular weight excluding hydrogens is 432 g/mol. The summed E-state index contributed by atoms with van der Waals surface area (Å²) in [7, 11) is 0. The van der Waals surface area contributed by atoms with Gasteiger partial charge in [-0.15, -0.1) is 0 Å². The number of amides is 2. The van der Waals surface area contributed by atoms with Crippen molar-refractivity contribution in [3.63, 3.8) is 0 Å². The van der Waals surface area contributed by atoms with Crippen LogP contribution in [0.2, 0.25) is 0 Å². The summed E-state index contributed by atoms with van der Waals surface area (Å²) in [5.74, 6) is -2.06. The zero-order valence-corrected chi connectivity index (χ0v) is 21.5. The van der Waals surface area contributed by atoms with Gasteiger partial charge < -0.3 is 15.5 Å². The summed E-state index contributed by atoms with van der Waals surface area (Å²) in [5.41, 5.74) is 3.16. The van der Waals surface area contributed by atoms with E-state index in [1.165, 1.54) is 19.3 Å². The molecule has 0 heterocycles. The van der Waals surface area contributed by atoms with Gasteiger partial charge >= 0.3 is 0 Å². The van der Waals surface area contributed by atoms with Crippen LogP contribution >= 0.6 is 0 Å². The first kappa shape index (κ1) is 30.1. The lowest BCUT2D eigenvalue weighted by Crippen LogP contribution is -2.52. The molecule has 0 spiro atoms. The number of hydrogen-bond acceptors (Lipinski definition) is 5. The van der Waals surface area contributed by atoms with Crippen LogP contribution in [0.5, 0.6) is 0 Å². The van der Waals surface area contributed by atoms with Gasteiger partial charge in [0.05, 0.1) is 24.7 Å². The summed E-state index contributed by atoms with van der Waals surface area (Å²) in [5, 5.41) is 24.0. The molecule has 0 aromatic heterocycles. The van der Waals surface area contributed by atoms with Crippen LogP contribution in [0.4, 0.5) is 0 Å². The first-order chi connectivity index (χ1) is 16.3. The molecule has 7 nitrogen and oxygen atoms in total. The van der Waals surface area contributed by atoms with Crippen molar-refractivity contribution in [3.8, 4) is 0 Å². The quantitative estimate of drug-likeness (QED) is 0.186. The molecule has 4 atom stereocenters. The van der Waals surface area contributed by atoms with E-state index >= 15 is 0 Å². The molecule has 0 fully saturated rings. The van der Waals surface area contributed by atoms with Gasteiger partial charge in [0.1, 0.15) is 6.10 Å². The molecule has 0 unspecified atom stereocenters. The van der Waals surface area contributed by atoms with Crippen LogP contribution in [0.1, 0.15) is 91.0 Å². The highest BCUT2D eigenvalue weighted by Gasteiger charge is 2.34. The molecule has 0 saturated heterocycles. The standard InChI is InChI=1S/C27H46N2O5/c1-5-7-8-9-10-11-15-18-22(26(32)28-24(20(3)4)23(30)6-2)25(31)27(33)29-34-19-21-16-13-12-14-17-21/h12-14,16-17,20,22-25,30-31H,5-11,15,18-19H2,1-4H3,(H,28,32)(H,29,33)/t22-,23-,24+,25+/m1/s1. The summed E-state index contributed by atoms with van der Waals surface area (Å²) in [6.45, 7) is 8.05. The molecular formula is C27H46N2O5. The van der Waals surface area contributed by atoms with Gasteiger partial charge in [-0.2, -0.15) is 0 Å². The average molecular weight is 479 g/mol. The van der Waals surface area contributed by atoms with E-state index in [4.69, 9.17) is 4.84 Å². The van der Waals surface area contributed by atoms with Gasteiger partial charge in [-0.05, 0) is 24.3 Å². The Balaban J connectivity index is 2.72. The van der Waals surface area contributed by atoms with E-state index in [9.17, 15) is 19.8 Å². The number of unbranched alkanes of at least 4 members (excludes halogenated alkanes) is 6. The molecule has 0 aliphatic rings. The van der Waals surface area contributed by atoms with Crippen molar-refractivity contribution in [2.45, 2.75) is 110 Å². The Morgan fingerprint density at radius 3 is 2.12 bits per heavy atom. The molecule has 0 aliphatic carbocycles. The van der Waals surface area contributed by atoms with Crippen molar-refractivity contribution in [2.24, 2.45) is 11.8 Å². The predicted molar refractivity (Wildman–Crippen MR) is 135 cm³/mol. The van der Waals surface area contributed by atoms with Crippen LogP contribution in [0.15, 0.2) is 30.3 Å². The minimum atomic E-state index is -1.54. The molecule has 0 radical (unpaired) electrons. The number of rotatable bonds is 18. The van der Waals surface area contributed by atoms with E-state index in [2.05, 4.69) is 17.7 Å². The molecule has 1 aromatic carbocycles. The van der Waals surface area contributed by atoms with Crippen LogP contribution in [0.25, 0.3) is 0 Å². The highest BCUT2D eigenvalue weighted by Crippen LogP contribution is 2.19. The Morgan fingerprint density at radius 1 is 0.912 bits per heavy atom. The van der Waals surface area contributed by atoms with E-state index in [-0.39, 0.29) is 12.5 Å². The first-order valence-electron chi connectivity index (χ1n) is 12.9. The number of aliphatic hydroxyl groups is 2. The highest BCUT2D eigenvalue weighted by molar-refractivity contribution is 5.88. The lowest BCUT2D eigenvalue weighted by atomic mass is 9.91. The Bertz CT molecular complexity index is 683. The summed E-state index contributed by atoms with van der Waals surface area (Å²) in [4.78, 5) is 31.0. The van der Waals surface area contributed by atoms with Crippen molar-refractivity contribution < 1.29 is 24.6 Å². The number of benzene rings is 1. The molecule has 1 rings (SSSR count). The van der Waals surface area contributed by atoms with Crippen molar-refractivity contribution in [1.29, 1.82) is 0 Å². The predicted octanol–water partition coefficient (Wildman–Crippen LogP) is 4.26. The minimum Gasteiger partial charge on any atom is -0.391 e. The van der Waals surface area contributed by atoms with Crippen LogP contribution < -0.4 is 10.8 Å². The Labute approximate surface area is 205 Å². The third-order valence-corrected chi connectivity index (χ3v) is 6.22. The van der Waals surface area contributed by atoms with Gasteiger partial charge in [-0.25, -0.2) is 5.48 Å². The number of aliphatic hydroxyl groups excluding tert-OH is 2. The van der Waals surface area contributed by atoms with Gasteiger partial charge in [0.2, 0.25) is 5.91 Å². The normalized spacial score (nSPS) is 14.9. The molecule has 0 saturated carbocycles. The van der Waals surface area contributed by atoms with Crippen molar-refractivity contribution >= 4 is 11.8 Å². The first-order valence-corrected chi connectivity index (χ1v) is 12.9. The maximum atomic E-state index is 13.1. The highest BCUT2D eigenvalue weighted by atomic mass is 16.7. The fourth-order valence-electron chi connectivity index (χ4n) is 3.99. The lowest BCUT2D eigenvalue weighted by Gasteiger charge is -2.30. The fourth-order valence-corrected chi connectivity index (χ4v) is 3.99. The van der Waals surface area contributed by atoms with Gasteiger partial charge in [-0.3, -0.25) is 14.4 Å². The summed E-state index contributed by atoms with van der Waals surface area (Å²) < 4.78 is 0. The van der Waals surface area contributed by atoms with E-state index in [0.29, 0.717) is 12.8 Å². The smallest absolute Gasteiger partial charge is 0.273 e.